The second-order valence-corrected chi connectivity index (χ2v) is 4.88. The summed E-state index contributed by atoms with van der Waals surface area (Å²) in [7, 11) is 0. The number of nitrogens with one attached hydrogen (secondary N) is 1. The molecule has 4 nitrogen and oxygen atoms in total. The standard InChI is InChI=1S/C13H10Cl2FN3O/c14-6-1-2-11(8(15)3-6)19-12-4-7(13(18)20)10(17)5-9(12)16/h1-5,19H,17H2,(H2,18,20). The molecule has 0 saturated heterocycles. The molecule has 0 atom stereocenters. The highest BCUT2D eigenvalue weighted by Gasteiger charge is 2.13. The lowest BCUT2D eigenvalue weighted by molar-refractivity contribution is 0.100. The number of primary amides is 1. The van der Waals surface area contributed by atoms with E-state index in [1.165, 1.54) is 12.1 Å². The second kappa shape index (κ2) is 5.56. The third kappa shape index (κ3) is 2.95. The van der Waals surface area contributed by atoms with Gasteiger partial charge in [-0.25, -0.2) is 4.39 Å². The molecule has 0 heterocycles. The van der Waals surface area contributed by atoms with Gasteiger partial charge < -0.3 is 16.8 Å². The van der Waals surface area contributed by atoms with Crippen molar-refractivity contribution in [1.82, 2.24) is 0 Å². The Hall–Kier alpha value is -1.98. The third-order valence-electron chi connectivity index (χ3n) is 2.61. The number of benzene rings is 2. The first-order valence-corrected chi connectivity index (χ1v) is 6.25. The van der Waals surface area contributed by atoms with Gasteiger partial charge in [0.1, 0.15) is 5.82 Å². The van der Waals surface area contributed by atoms with Gasteiger partial charge in [-0.3, -0.25) is 4.79 Å². The molecule has 0 aromatic heterocycles. The number of hydrogen-bond donors (Lipinski definition) is 3. The lowest BCUT2D eigenvalue weighted by Gasteiger charge is -2.12. The van der Waals surface area contributed by atoms with Crippen LogP contribution in [0.5, 0.6) is 0 Å². The maximum absolute atomic E-state index is 13.8. The first kappa shape index (κ1) is 14.4. The van der Waals surface area contributed by atoms with E-state index in [0.717, 1.165) is 6.07 Å². The largest absolute Gasteiger partial charge is 0.398 e. The maximum atomic E-state index is 13.8. The lowest BCUT2D eigenvalue weighted by Crippen LogP contribution is -2.14. The molecule has 0 fully saturated rings. The van der Waals surface area contributed by atoms with E-state index in [9.17, 15) is 9.18 Å². The summed E-state index contributed by atoms with van der Waals surface area (Å²) in [5.41, 5.74) is 11.2. The molecule has 0 aliphatic heterocycles. The van der Waals surface area contributed by atoms with Gasteiger partial charge in [0.25, 0.3) is 5.91 Å². The predicted molar refractivity (Wildman–Crippen MR) is 79.1 cm³/mol. The molecule has 5 N–H and O–H groups in total. The topological polar surface area (TPSA) is 81.1 Å². The molecule has 0 aliphatic carbocycles. The summed E-state index contributed by atoms with van der Waals surface area (Å²) in [5.74, 6) is -1.37. The van der Waals surface area contributed by atoms with Crippen molar-refractivity contribution >= 4 is 46.2 Å². The monoisotopic (exact) mass is 313 g/mol. The molecule has 20 heavy (non-hydrogen) atoms. The van der Waals surface area contributed by atoms with Crippen LogP contribution in [0.4, 0.5) is 21.5 Å². The number of hydrogen-bond acceptors (Lipinski definition) is 3. The molecule has 7 heteroatoms. The van der Waals surface area contributed by atoms with Crippen LogP contribution in [0.2, 0.25) is 10.0 Å². The van der Waals surface area contributed by atoms with Crippen molar-refractivity contribution in [3.63, 3.8) is 0 Å². The molecule has 0 bridgehead atoms. The molecule has 2 aromatic carbocycles. The van der Waals surface area contributed by atoms with E-state index in [4.69, 9.17) is 34.7 Å². The van der Waals surface area contributed by atoms with E-state index in [2.05, 4.69) is 5.32 Å². The van der Waals surface area contributed by atoms with Gasteiger partial charge in [0.2, 0.25) is 0 Å². The highest BCUT2D eigenvalue weighted by atomic mass is 35.5. The van der Waals surface area contributed by atoms with Gasteiger partial charge >= 0.3 is 0 Å². The van der Waals surface area contributed by atoms with Crippen molar-refractivity contribution in [2.45, 2.75) is 0 Å². The second-order valence-electron chi connectivity index (χ2n) is 4.03. The first-order chi connectivity index (χ1) is 9.38. The van der Waals surface area contributed by atoms with Crippen molar-refractivity contribution in [2.75, 3.05) is 11.1 Å². The van der Waals surface area contributed by atoms with Crippen molar-refractivity contribution in [1.29, 1.82) is 0 Å². The van der Waals surface area contributed by atoms with Crippen LogP contribution in [-0.4, -0.2) is 5.91 Å². The van der Waals surface area contributed by atoms with Gasteiger partial charge in [-0.1, -0.05) is 23.2 Å². The van der Waals surface area contributed by atoms with Crippen LogP contribution in [0.1, 0.15) is 10.4 Å². The normalized spacial score (nSPS) is 10.3. The molecule has 0 radical (unpaired) electrons. The number of anilines is 3. The number of nitrogens with two attached hydrogens (primary N) is 2. The van der Waals surface area contributed by atoms with E-state index < -0.39 is 11.7 Å². The summed E-state index contributed by atoms with van der Waals surface area (Å²) in [4.78, 5) is 11.2. The van der Waals surface area contributed by atoms with Crippen molar-refractivity contribution in [2.24, 2.45) is 5.73 Å². The Bertz CT molecular complexity index is 692. The fourth-order valence-corrected chi connectivity index (χ4v) is 2.09. The predicted octanol–water partition coefficient (Wildman–Crippen LogP) is 3.56. The van der Waals surface area contributed by atoms with Crippen molar-refractivity contribution in [3.8, 4) is 0 Å². The Morgan fingerprint density at radius 3 is 2.45 bits per heavy atom. The fraction of sp³-hybridized carbons (Fsp3) is 0. The smallest absolute Gasteiger partial charge is 0.250 e. The third-order valence-corrected chi connectivity index (χ3v) is 3.15. The Morgan fingerprint density at radius 2 is 1.85 bits per heavy atom. The molecule has 1 amide bonds. The van der Waals surface area contributed by atoms with Crippen LogP contribution in [0.3, 0.4) is 0 Å². The zero-order valence-corrected chi connectivity index (χ0v) is 11.6. The van der Waals surface area contributed by atoms with Gasteiger partial charge in [-0.05, 0) is 30.3 Å². The lowest BCUT2D eigenvalue weighted by atomic mass is 10.1. The van der Waals surface area contributed by atoms with Crippen LogP contribution in [0, 0.1) is 5.82 Å². The van der Waals surface area contributed by atoms with E-state index in [-0.39, 0.29) is 16.9 Å². The van der Waals surface area contributed by atoms with Crippen LogP contribution in [-0.2, 0) is 0 Å². The van der Waals surface area contributed by atoms with Crippen LogP contribution in [0.15, 0.2) is 30.3 Å². The summed E-state index contributed by atoms with van der Waals surface area (Å²) in [6.07, 6.45) is 0. The molecule has 104 valence electrons. The molecule has 2 aromatic rings. The van der Waals surface area contributed by atoms with Crippen LogP contribution >= 0.6 is 23.2 Å². The van der Waals surface area contributed by atoms with Gasteiger partial charge in [0.15, 0.2) is 0 Å². The maximum Gasteiger partial charge on any atom is 0.250 e. The number of carbonyl (C=O) groups excluding carboxylic acids is 1. The molecule has 0 spiro atoms. The average molecular weight is 314 g/mol. The zero-order valence-electron chi connectivity index (χ0n) is 10.1. The molecule has 0 saturated carbocycles. The minimum Gasteiger partial charge on any atom is -0.398 e. The molecular formula is C13H10Cl2FN3O. The summed E-state index contributed by atoms with van der Waals surface area (Å²) in [6, 6.07) is 6.95. The van der Waals surface area contributed by atoms with Crippen LogP contribution in [0.25, 0.3) is 0 Å². The molecule has 0 unspecified atom stereocenters. The van der Waals surface area contributed by atoms with Gasteiger partial charge in [0.05, 0.1) is 22.0 Å². The number of rotatable bonds is 3. The minimum atomic E-state index is -0.743. The first-order valence-electron chi connectivity index (χ1n) is 5.49. The summed E-state index contributed by atoms with van der Waals surface area (Å²) in [5, 5.41) is 3.53. The number of carbonyl (C=O) groups is 1. The molecular weight excluding hydrogens is 304 g/mol. The number of nitrogen functional groups attached to an aromatic ring is 1. The quantitative estimate of drug-likeness (QED) is 0.758. The van der Waals surface area contributed by atoms with Gasteiger partial charge in [-0.2, -0.15) is 0 Å². The Balaban J connectivity index is 2.43. The average Bonchev–Trinajstić information content (AvgIpc) is 2.35. The van der Waals surface area contributed by atoms with E-state index in [1.807, 2.05) is 0 Å². The highest BCUT2D eigenvalue weighted by Crippen LogP contribution is 2.30. The SMILES string of the molecule is NC(=O)c1cc(Nc2ccc(Cl)cc2Cl)c(F)cc1N. The van der Waals surface area contributed by atoms with E-state index in [1.54, 1.807) is 12.1 Å². The van der Waals surface area contributed by atoms with Gasteiger partial charge in [0, 0.05) is 10.7 Å². The summed E-state index contributed by atoms with van der Waals surface area (Å²) < 4.78 is 13.8. The fourth-order valence-electron chi connectivity index (χ4n) is 1.63. The Kier molecular flexibility index (Phi) is 4.01. The number of amides is 1. The highest BCUT2D eigenvalue weighted by molar-refractivity contribution is 6.36. The van der Waals surface area contributed by atoms with Crippen molar-refractivity contribution < 1.29 is 9.18 Å². The summed E-state index contributed by atoms with van der Waals surface area (Å²) >= 11 is 11.8. The molecule has 0 aliphatic rings. The Morgan fingerprint density at radius 1 is 1.15 bits per heavy atom. The van der Waals surface area contributed by atoms with Crippen LogP contribution < -0.4 is 16.8 Å². The molecule has 2 rings (SSSR count). The van der Waals surface area contributed by atoms with Gasteiger partial charge in [-0.15, -0.1) is 0 Å². The summed E-state index contributed by atoms with van der Waals surface area (Å²) in [6.45, 7) is 0. The van der Waals surface area contributed by atoms with Crippen molar-refractivity contribution in [3.05, 3.63) is 51.8 Å². The van der Waals surface area contributed by atoms with E-state index >= 15 is 0 Å². The number of halogens is 3. The van der Waals surface area contributed by atoms with E-state index in [0.29, 0.717) is 15.7 Å². The Labute approximate surface area is 124 Å². The minimum absolute atomic E-state index is 0.0252. The zero-order chi connectivity index (χ0) is 14.9.